The van der Waals surface area contributed by atoms with E-state index in [0.717, 1.165) is 37.8 Å². The first-order valence-corrected chi connectivity index (χ1v) is 7.79. The molecule has 2 aromatic heterocycles. The molecule has 0 aliphatic carbocycles. The van der Waals surface area contributed by atoms with Gasteiger partial charge in [-0.2, -0.15) is 4.37 Å². The van der Waals surface area contributed by atoms with Crippen molar-refractivity contribution in [3.63, 3.8) is 0 Å². The first kappa shape index (κ1) is 12.5. The van der Waals surface area contributed by atoms with Gasteiger partial charge in [-0.25, -0.2) is 4.98 Å². The standard InChI is InChI=1S/C15H15N5S/c1-2-4-13-12(3-1)15(18-21-13)20-9-7-19(8-10-20)14-11-16-5-6-17-14/h1-6,11H,7-10H2. The molecule has 0 unspecified atom stereocenters. The van der Waals surface area contributed by atoms with Gasteiger partial charge >= 0.3 is 0 Å². The van der Waals surface area contributed by atoms with E-state index in [1.807, 2.05) is 6.20 Å². The van der Waals surface area contributed by atoms with Crippen LogP contribution in [-0.2, 0) is 0 Å². The van der Waals surface area contributed by atoms with Crippen molar-refractivity contribution in [2.75, 3.05) is 36.0 Å². The van der Waals surface area contributed by atoms with Crippen LogP contribution in [0.2, 0.25) is 0 Å². The average Bonchev–Trinajstić information content (AvgIpc) is 3.00. The molecule has 0 amide bonds. The third-order valence-corrected chi connectivity index (χ3v) is 4.63. The highest BCUT2D eigenvalue weighted by Crippen LogP contribution is 2.30. The first-order valence-electron chi connectivity index (χ1n) is 7.02. The Morgan fingerprint density at radius 3 is 2.57 bits per heavy atom. The van der Waals surface area contributed by atoms with Crippen LogP contribution in [0.15, 0.2) is 42.9 Å². The number of aromatic nitrogens is 3. The van der Waals surface area contributed by atoms with E-state index in [-0.39, 0.29) is 0 Å². The normalized spacial score (nSPS) is 15.6. The number of rotatable bonds is 2. The Bertz CT molecular complexity index is 734. The Balaban J connectivity index is 1.53. The predicted octanol–water partition coefficient (Wildman–Crippen LogP) is 2.41. The second-order valence-corrected chi connectivity index (χ2v) is 5.85. The summed E-state index contributed by atoms with van der Waals surface area (Å²) < 4.78 is 5.89. The van der Waals surface area contributed by atoms with Gasteiger partial charge in [-0.05, 0) is 23.7 Å². The van der Waals surface area contributed by atoms with Crippen LogP contribution in [0.25, 0.3) is 10.1 Å². The van der Waals surface area contributed by atoms with Crippen molar-refractivity contribution in [3.05, 3.63) is 42.9 Å². The van der Waals surface area contributed by atoms with Gasteiger partial charge in [-0.3, -0.25) is 4.98 Å². The van der Waals surface area contributed by atoms with Crippen LogP contribution in [-0.4, -0.2) is 40.5 Å². The van der Waals surface area contributed by atoms with Gasteiger partial charge in [0.1, 0.15) is 11.6 Å². The lowest BCUT2D eigenvalue weighted by Crippen LogP contribution is -2.47. The van der Waals surface area contributed by atoms with E-state index in [9.17, 15) is 0 Å². The summed E-state index contributed by atoms with van der Waals surface area (Å²) in [5, 5.41) is 1.26. The fraction of sp³-hybridized carbons (Fsp3) is 0.267. The summed E-state index contributed by atoms with van der Waals surface area (Å²) in [5.74, 6) is 2.08. The third kappa shape index (κ3) is 2.31. The second-order valence-electron chi connectivity index (χ2n) is 5.04. The maximum absolute atomic E-state index is 4.64. The number of nitrogens with zero attached hydrogens (tertiary/aromatic N) is 5. The zero-order valence-electron chi connectivity index (χ0n) is 11.5. The molecule has 3 heterocycles. The van der Waals surface area contributed by atoms with Gasteiger partial charge in [0.05, 0.1) is 10.9 Å². The van der Waals surface area contributed by atoms with E-state index in [4.69, 9.17) is 0 Å². The molecule has 1 aliphatic heterocycles. The van der Waals surface area contributed by atoms with E-state index in [2.05, 4.69) is 48.4 Å². The highest BCUT2D eigenvalue weighted by molar-refractivity contribution is 7.13. The zero-order chi connectivity index (χ0) is 14.1. The van der Waals surface area contributed by atoms with Crippen molar-refractivity contribution < 1.29 is 0 Å². The van der Waals surface area contributed by atoms with Gasteiger partial charge in [0.15, 0.2) is 0 Å². The van der Waals surface area contributed by atoms with Gasteiger partial charge in [0.25, 0.3) is 0 Å². The van der Waals surface area contributed by atoms with Crippen LogP contribution >= 0.6 is 11.5 Å². The Hall–Kier alpha value is -2.21. The van der Waals surface area contributed by atoms with Crippen LogP contribution in [0.5, 0.6) is 0 Å². The number of piperazine rings is 1. The van der Waals surface area contributed by atoms with Gasteiger partial charge in [0, 0.05) is 44.0 Å². The van der Waals surface area contributed by atoms with Crippen molar-refractivity contribution in [1.82, 2.24) is 14.3 Å². The van der Waals surface area contributed by atoms with Gasteiger partial charge in [-0.1, -0.05) is 12.1 Å². The Morgan fingerprint density at radius 2 is 1.76 bits per heavy atom. The van der Waals surface area contributed by atoms with Crippen molar-refractivity contribution >= 4 is 33.3 Å². The fourth-order valence-corrected chi connectivity index (χ4v) is 3.50. The van der Waals surface area contributed by atoms with E-state index < -0.39 is 0 Å². The molecule has 1 aromatic carbocycles. The fourth-order valence-electron chi connectivity index (χ4n) is 2.70. The van der Waals surface area contributed by atoms with E-state index >= 15 is 0 Å². The molecule has 0 saturated carbocycles. The lowest BCUT2D eigenvalue weighted by atomic mass is 10.2. The summed E-state index contributed by atoms with van der Waals surface area (Å²) in [5.41, 5.74) is 0. The molecule has 5 nitrogen and oxygen atoms in total. The van der Waals surface area contributed by atoms with E-state index in [1.54, 1.807) is 23.9 Å². The molecular weight excluding hydrogens is 282 g/mol. The van der Waals surface area contributed by atoms with Crippen molar-refractivity contribution in [2.24, 2.45) is 0 Å². The third-order valence-electron chi connectivity index (χ3n) is 3.81. The minimum absolute atomic E-state index is 0.949. The van der Waals surface area contributed by atoms with Crippen LogP contribution in [0.4, 0.5) is 11.6 Å². The Morgan fingerprint density at radius 1 is 0.952 bits per heavy atom. The highest BCUT2D eigenvalue weighted by atomic mass is 32.1. The summed E-state index contributed by atoms with van der Waals surface area (Å²) in [4.78, 5) is 13.2. The molecule has 3 aromatic rings. The number of fused-ring (bicyclic) bond motifs is 1. The molecule has 1 aliphatic rings. The number of hydrogen-bond acceptors (Lipinski definition) is 6. The topological polar surface area (TPSA) is 45.2 Å². The summed E-state index contributed by atoms with van der Waals surface area (Å²) in [6.07, 6.45) is 5.28. The zero-order valence-corrected chi connectivity index (χ0v) is 12.3. The molecule has 4 rings (SSSR count). The second kappa shape index (κ2) is 5.29. The number of hydrogen-bond donors (Lipinski definition) is 0. The Labute approximate surface area is 127 Å². The SMILES string of the molecule is c1ccc2c(N3CCN(c4cnccn4)CC3)nsc2c1. The molecule has 0 bridgehead atoms. The van der Waals surface area contributed by atoms with Crippen molar-refractivity contribution in [1.29, 1.82) is 0 Å². The first-order chi connectivity index (χ1) is 10.4. The number of anilines is 2. The predicted molar refractivity (Wildman–Crippen MR) is 86.1 cm³/mol. The van der Waals surface area contributed by atoms with Crippen molar-refractivity contribution in [2.45, 2.75) is 0 Å². The summed E-state index contributed by atoms with van der Waals surface area (Å²) >= 11 is 1.58. The van der Waals surface area contributed by atoms with Crippen molar-refractivity contribution in [3.8, 4) is 0 Å². The lowest BCUT2D eigenvalue weighted by molar-refractivity contribution is 0.644. The molecule has 21 heavy (non-hydrogen) atoms. The molecule has 0 spiro atoms. The molecule has 1 fully saturated rings. The van der Waals surface area contributed by atoms with E-state index in [0.29, 0.717) is 0 Å². The largest absolute Gasteiger partial charge is 0.352 e. The highest BCUT2D eigenvalue weighted by Gasteiger charge is 2.21. The maximum Gasteiger partial charge on any atom is 0.150 e. The summed E-state index contributed by atoms with van der Waals surface area (Å²) in [6.45, 7) is 3.82. The number of benzene rings is 1. The Kier molecular flexibility index (Phi) is 3.16. The molecule has 0 N–H and O–H groups in total. The minimum Gasteiger partial charge on any atom is -0.352 e. The van der Waals surface area contributed by atoms with Crippen LogP contribution in [0.1, 0.15) is 0 Å². The molecular formula is C15H15N5S. The molecule has 0 atom stereocenters. The summed E-state index contributed by atoms with van der Waals surface area (Å²) in [7, 11) is 0. The molecule has 0 radical (unpaired) electrons. The van der Waals surface area contributed by atoms with Crippen LogP contribution < -0.4 is 9.80 Å². The molecule has 106 valence electrons. The smallest absolute Gasteiger partial charge is 0.150 e. The molecule has 6 heteroatoms. The van der Waals surface area contributed by atoms with Crippen LogP contribution in [0.3, 0.4) is 0 Å². The lowest BCUT2D eigenvalue weighted by Gasteiger charge is -2.35. The quantitative estimate of drug-likeness (QED) is 0.727. The monoisotopic (exact) mass is 297 g/mol. The maximum atomic E-state index is 4.64. The van der Waals surface area contributed by atoms with E-state index in [1.165, 1.54) is 10.1 Å². The van der Waals surface area contributed by atoms with Gasteiger partial charge < -0.3 is 9.80 Å². The van der Waals surface area contributed by atoms with Crippen LogP contribution in [0, 0.1) is 0 Å². The van der Waals surface area contributed by atoms with Gasteiger partial charge in [0.2, 0.25) is 0 Å². The van der Waals surface area contributed by atoms with Gasteiger partial charge in [-0.15, -0.1) is 0 Å². The summed E-state index contributed by atoms with van der Waals surface area (Å²) in [6, 6.07) is 8.43. The minimum atomic E-state index is 0.949. The molecule has 1 saturated heterocycles. The average molecular weight is 297 g/mol.